The largest absolute Gasteiger partial charge is 0.390 e. The number of nitrogens with zero attached hydrogens (tertiary/aromatic N) is 2. The van der Waals surface area contributed by atoms with Gasteiger partial charge in [0.05, 0.1) is 12.2 Å². The Morgan fingerprint density at radius 2 is 0.586 bits per heavy atom. The third-order valence-corrected chi connectivity index (χ3v) is 11.5. The van der Waals surface area contributed by atoms with Crippen molar-refractivity contribution in [2.24, 2.45) is 11.5 Å². The van der Waals surface area contributed by atoms with Crippen LogP contribution in [0.2, 0.25) is 0 Å². The number of unbranched alkanes of at least 4 members (excludes halogenated alkanes) is 25. The monoisotopic (exact) mass is 815 g/mol. The zero-order valence-corrected chi connectivity index (χ0v) is 39.0. The van der Waals surface area contributed by atoms with E-state index in [2.05, 4.69) is 72.3 Å². The summed E-state index contributed by atoms with van der Waals surface area (Å²) in [4.78, 5) is 4.92. The molecule has 2 unspecified atom stereocenters. The summed E-state index contributed by atoms with van der Waals surface area (Å²) in [5, 5.41) is 20.5. The molecule has 0 heterocycles. The van der Waals surface area contributed by atoms with Gasteiger partial charge in [0, 0.05) is 26.2 Å². The first kappa shape index (κ1) is 56.7. The molecule has 0 spiro atoms. The van der Waals surface area contributed by atoms with Crippen molar-refractivity contribution in [2.45, 2.75) is 232 Å². The average molecular weight is 815 g/mol. The predicted octanol–water partition coefficient (Wildman–Crippen LogP) is 13.0. The maximum atomic E-state index is 10.2. The maximum Gasteiger partial charge on any atom is 0.0789 e. The predicted molar refractivity (Wildman–Crippen MR) is 259 cm³/mol. The minimum Gasteiger partial charge on any atom is -0.390 e. The van der Waals surface area contributed by atoms with Crippen molar-refractivity contribution < 1.29 is 10.2 Å². The molecule has 0 saturated heterocycles. The number of hydrogen-bond acceptors (Lipinski definition) is 6. The summed E-state index contributed by atoms with van der Waals surface area (Å²) in [6.07, 6.45) is 58.8. The van der Waals surface area contributed by atoms with Crippen LogP contribution in [0.1, 0.15) is 219 Å². The van der Waals surface area contributed by atoms with Crippen molar-refractivity contribution in [1.29, 1.82) is 0 Å². The Balaban J connectivity index is 3.94. The maximum absolute atomic E-state index is 10.2. The molecule has 0 aliphatic rings. The molecule has 6 nitrogen and oxygen atoms in total. The van der Waals surface area contributed by atoms with Crippen molar-refractivity contribution in [1.82, 2.24) is 9.80 Å². The molecular formula is C52H102N4O2. The second kappa shape index (κ2) is 48.4. The molecule has 0 saturated carbocycles. The Morgan fingerprint density at radius 3 is 0.845 bits per heavy atom. The Morgan fingerprint density at radius 1 is 0.345 bits per heavy atom. The molecular weight excluding hydrogens is 713 g/mol. The summed E-state index contributed by atoms with van der Waals surface area (Å²) >= 11 is 0. The molecule has 0 amide bonds. The van der Waals surface area contributed by atoms with Crippen LogP contribution < -0.4 is 11.5 Å². The lowest BCUT2D eigenvalue weighted by molar-refractivity contribution is 0.115. The smallest absolute Gasteiger partial charge is 0.0789 e. The molecule has 0 aromatic heterocycles. The summed E-state index contributed by atoms with van der Waals surface area (Å²) < 4.78 is 0. The van der Waals surface area contributed by atoms with E-state index in [1.54, 1.807) is 0 Å². The molecule has 58 heavy (non-hydrogen) atoms. The lowest BCUT2D eigenvalue weighted by Gasteiger charge is -2.24. The fourth-order valence-electron chi connectivity index (χ4n) is 7.71. The zero-order chi connectivity index (χ0) is 42.3. The van der Waals surface area contributed by atoms with E-state index in [1.165, 1.54) is 193 Å². The van der Waals surface area contributed by atoms with E-state index in [0.717, 1.165) is 39.0 Å². The van der Waals surface area contributed by atoms with Crippen LogP contribution in [0.3, 0.4) is 0 Å². The second-order valence-corrected chi connectivity index (χ2v) is 17.4. The molecule has 0 fully saturated rings. The van der Waals surface area contributed by atoms with Crippen LogP contribution in [-0.4, -0.2) is 84.6 Å². The summed E-state index contributed by atoms with van der Waals surface area (Å²) in [5.74, 6) is 0. The van der Waals surface area contributed by atoms with Gasteiger partial charge in [0.15, 0.2) is 0 Å². The highest BCUT2D eigenvalue weighted by Crippen LogP contribution is 2.14. The summed E-state index contributed by atoms with van der Waals surface area (Å²) in [6.45, 7) is 11.0. The molecule has 0 aliphatic carbocycles. The quantitative estimate of drug-likeness (QED) is 0.0361. The first-order valence-electron chi connectivity index (χ1n) is 25.4. The Bertz CT molecular complexity index is 834. The van der Waals surface area contributed by atoms with E-state index in [9.17, 15) is 10.2 Å². The van der Waals surface area contributed by atoms with Crippen molar-refractivity contribution in [3.8, 4) is 0 Å². The van der Waals surface area contributed by atoms with Gasteiger partial charge < -0.3 is 31.5 Å². The molecule has 0 aliphatic heterocycles. The van der Waals surface area contributed by atoms with Gasteiger partial charge >= 0.3 is 0 Å². The van der Waals surface area contributed by atoms with Crippen LogP contribution in [0.5, 0.6) is 0 Å². The highest BCUT2D eigenvalue weighted by Gasteiger charge is 2.11. The summed E-state index contributed by atoms with van der Waals surface area (Å²) in [6, 6.07) is 0. The molecule has 342 valence electrons. The van der Waals surface area contributed by atoms with Gasteiger partial charge in [-0.2, -0.15) is 0 Å². The third kappa shape index (κ3) is 44.3. The topological polar surface area (TPSA) is 99.0 Å². The van der Waals surface area contributed by atoms with Crippen LogP contribution in [0.25, 0.3) is 0 Å². The normalized spacial score (nSPS) is 13.6. The lowest BCUT2D eigenvalue weighted by atomic mass is 10.1. The molecule has 6 heteroatoms. The molecule has 0 aromatic rings. The van der Waals surface area contributed by atoms with E-state index in [0.29, 0.717) is 26.2 Å². The van der Waals surface area contributed by atoms with E-state index < -0.39 is 12.2 Å². The lowest BCUT2D eigenvalue weighted by Crippen LogP contribution is -2.37. The van der Waals surface area contributed by atoms with Gasteiger partial charge in [-0.05, 0) is 116 Å². The Kier molecular flexibility index (Phi) is 47.3. The molecule has 0 radical (unpaired) electrons. The van der Waals surface area contributed by atoms with Gasteiger partial charge in [-0.3, -0.25) is 0 Å². The minimum absolute atomic E-state index is 0.349. The first-order chi connectivity index (χ1) is 28.6. The van der Waals surface area contributed by atoms with Gasteiger partial charge in [0.1, 0.15) is 0 Å². The summed E-state index contributed by atoms with van der Waals surface area (Å²) in [5.41, 5.74) is 11.5. The number of rotatable bonds is 47. The first-order valence-corrected chi connectivity index (χ1v) is 25.4. The summed E-state index contributed by atoms with van der Waals surface area (Å²) in [7, 11) is 0. The van der Waals surface area contributed by atoms with Gasteiger partial charge in [0.2, 0.25) is 0 Å². The van der Waals surface area contributed by atoms with Gasteiger partial charge in [-0.1, -0.05) is 178 Å². The number of hydrogen-bond donors (Lipinski definition) is 4. The van der Waals surface area contributed by atoms with Crippen LogP contribution >= 0.6 is 0 Å². The number of nitrogens with two attached hydrogens (primary N) is 2. The van der Waals surface area contributed by atoms with Crippen LogP contribution in [0.4, 0.5) is 0 Å². The molecule has 0 rings (SSSR count). The van der Waals surface area contributed by atoms with Gasteiger partial charge in [-0.15, -0.1) is 0 Å². The molecule has 6 N–H and O–H groups in total. The number of allylic oxidation sites excluding steroid dienone is 8. The molecule has 0 aromatic carbocycles. The SMILES string of the molecule is CCCCC/C=C\C/C=C/CCCCCCCCN(CCCCCCCCCCN(CCCCCCCC/C=C/C/C=C\CCCCC)CC(O)CN)CC(O)CN. The van der Waals surface area contributed by atoms with Crippen LogP contribution in [0.15, 0.2) is 48.6 Å². The van der Waals surface area contributed by atoms with E-state index in [4.69, 9.17) is 11.5 Å². The van der Waals surface area contributed by atoms with E-state index in [1.807, 2.05) is 0 Å². The fraction of sp³-hybridized carbons (Fsp3) is 0.846. The van der Waals surface area contributed by atoms with E-state index in [-0.39, 0.29) is 0 Å². The van der Waals surface area contributed by atoms with Crippen molar-refractivity contribution in [3.63, 3.8) is 0 Å². The number of aliphatic hydroxyl groups excluding tert-OH is 2. The average Bonchev–Trinajstić information content (AvgIpc) is 3.23. The second-order valence-electron chi connectivity index (χ2n) is 17.4. The molecule has 0 bridgehead atoms. The van der Waals surface area contributed by atoms with E-state index >= 15 is 0 Å². The van der Waals surface area contributed by atoms with Gasteiger partial charge in [-0.25, -0.2) is 0 Å². The Hall–Kier alpha value is -1.28. The van der Waals surface area contributed by atoms with Crippen LogP contribution in [-0.2, 0) is 0 Å². The molecule has 2 atom stereocenters. The third-order valence-electron chi connectivity index (χ3n) is 11.5. The van der Waals surface area contributed by atoms with Crippen molar-refractivity contribution in [3.05, 3.63) is 48.6 Å². The van der Waals surface area contributed by atoms with Crippen molar-refractivity contribution in [2.75, 3.05) is 52.4 Å². The zero-order valence-electron chi connectivity index (χ0n) is 39.0. The highest BCUT2D eigenvalue weighted by molar-refractivity contribution is 4.93. The van der Waals surface area contributed by atoms with Crippen molar-refractivity contribution >= 4 is 0 Å². The fourth-order valence-corrected chi connectivity index (χ4v) is 7.71. The van der Waals surface area contributed by atoms with Crippen LogP contribution in [0, 0.1) is 0 Å². The number of aliphatic hydroxyl groups is 2. The minimum atomic E-state index is -0.412. The highest BCUT2D eigenvalue weighted by atomic mass is 16.3. The standard InChI is InChI=1S/C52H102N4O2/c1-3-5-7-9-11-13-15-17-19-21-23-25-27-31-35-39-43-55(49-51(57)47-53)45-41-37-33-29-30-34-38-42-46-56(50-52(58)48-54)44-40-36-32-28-26-24-22-20-18-16-14-12-10-8-6-4-2/h11-14,17-20,51-52,57-58H,3-10,15-16,21-50,53-54H2,1-2H3/b13-11-,14-12-,19-17+,20-18+. The van der Waals surface area contributed by atoms with Gasteiger partial charge in [0.25, 0.3) is 0 Å². The Labute approximate surface area is 362 Å².